The Morgan fingerprint density at radius 3 is 2.21 bits per heavy atom. The van der Waals surface area contributed by atoms with E-state index in [4.69, 9.17) is 11.6 Å². The molecule has 34 heavy (non-hydrogen) atoms. The van der Waals surface area contributed by atoms with Gasteiger partial charge in [0, 0.05) is 26.7 Å². The molecule has 0 spiro atoms. The Morgan fingerprint density at radius 2 is 1.68 bits per heavy atom. The highest BCUT2D eigenvalue weighted by Gasteiger charge is 2.73. The van der Waals surface area contributed by atoms with Gasteiger partial charge in [0.2, 0.25) is 0 Å². The minimum Gasteiger partial charge on any atom is -0.478 e. The number of rotatable bonds is 5. The van der Waals surface area contributed by atoms with Crippen LogP contribution in [-0.2, 0) is 5.67 Å². The number of carbonyl (C=O) groups is 1. The predicted molar refractivity (Wildman–Crippen MR) is 115 cm³/mol. The molecule has 182 valence electrons. The SMILES string of the molecule is CSc1cc(C(F)(C(F)(F)F)C(F)(F)F)cc(Br)c1-n1cc(-c2ccc(Cl)c(C(=O)O)c2)cn1. The number of benzene rings is 2. The van der Waals surface area contributed by atoms with Gasteiger partial charge in [-0.3, -0.25) is 0 Å². The standard InChI is InChI=1S/C20H11BrClF7N2O2S/c1-34-15-6-11(18(23,19(24,25)26)20(27,28)29)5-13(21)16(15)31-8-10(7-30-31)9-2-3-14(22)12(4-9)17(32)33/h2-8H,1H3,(H,32,33). The monoisotopic (exact) mass is 590 g/mol. The van der Waals surface area contributed by atoms with E-state index in [2.05, 4.69) is 21.0 Å². The van der Waals surface area contributed by atoms with Crippen molar-refractivity contribution in [3.8, 4) is 16.8 Å². The summed E-state index contributed by atoms with van der Waals surface area (Å²) in [7, 11) is 0. The van der Waals surface area contributed by atoms with Crippen molar-refractivity contribution in [3.05, 3.63) is 63.3 Å². The van der Waals surface area contributed by atoms with Crippen molar-refractivity contribution in [2.24, 2.45) is 0 Å². The lowest BCUT2D eigenvalue weighted by Crippen LogP contribution is -2.50. The summed E-state index contributed by atoms with van der Waals surface area (Å²) in [5.41, 5.74) is -6.57. The molecule has 1 N–H and O–H groups in total. The molecule has 0 atom stereocenters. The molecule has 0 amide bonds. The van der Waals surface area contributed by atoms with Crippen LogP contribution in [-0.4, -0.2) is 39.5 Å². The molecule has 0 bridgehead atoms. The molecule has 4 nitrogen and oxygen atoms in total. The highest BCUT2D eigenvalue weighted by Crippen LogP contribution is 2.54. The quantitative estimate of drug-likeness (QED) is 0.245. The van der Waals surface area contributed by atoms with E-state index >= 15 is 0 Å². The lowest BCUT2D eigenvalue weighted by Gasteiger charge is -2.31. The van der Waals surface area contributed by atoms with Crippen LogP contribution in [0.15, 0.2) is 52.1 Å². The first-order valence-corrected chi connectivity index (χ1v) is 11.3. The zero-order valence-electron chi connectivity index (χ0n) is 16.6. The van der Waals surface area contributed by atoms with Crippen molar-refractivity contribution in [2.75, 3.05) is 6.26 Å². The van der Waals surface area contributed by atoms with E-state index in [-0.39, 0.29) is 25.6 Å². The van der Waals surface area contributed by atoms with Crippen molar-refractivity contribution in [3.63, 3.8) is 0 Å². The van der Waals surface area contributed by atoms with Crippen LogP contribution in [0.3, 0.4) is 0 Å². The molecule has 0 saturated heterocycles. The van der Waals surface area contributed by atoms with Gasteiger partial charge in [-0.05, 0) is 52.0 Å². The second-order valence-corrected chi connectivity index (χ2v) is 8.95. The molecule has 2 aromatic carbocycles. The third-order valence-electron chi connectivity index (χ3n) is 4.77. The molecule has 14 heteroatoms. The summed E-state index contributed by atoms with van der Waals surface area (Å²) < 4.78 is 94.6. The van der Waals surface area contributed by atoms with E-state index in [0.29, 0.717) is 23.3 Å². The highest BCUT2D eigenvalue weighted by molar-refractivity contribution is 9.10. The molecule has 3 aromatic rings. The molecule has 0 aliphatic carbocycles. The van der Waals surface area contributed by atoms with Gasteiger partial charge in [-0.1, -0.05) is 17.7 Å². The Labute approximate surface area is 204 Å². The number of hydrogen-bond acceptors (Lipinski definition) is 3. The fraction of sp³-hybridized carbons (Fsp3) is 0.200. The summed E-state index contributed by atoms with van der Waals surface area (Å²) in [6, 6.07) is 5.02. The van der Waals surface area contributed by atoms with Gasteiger partial charge in [-0.15, -0.1) is 11.8 Å². The number of alkyl halides is 7. The fourth-order valence-electron chi connectivity index (χ4n) is 3.10. The van der Waals surface area contributed by atoms with E-state index in [0.717, 1.165) is 16.4 Å². The minimum atomic E-state index is -6.25. The van der Waals surface area contributed by atoms with Gasteiger partial charge in [0.25, 0.3) is 0 Å². The first-order valence-electron chi connectivity index (χ1n) is 8.90. The first kappa shape index (κ1) is 26.4. The average Bonchev–Trinajstić information content (AvgIpc) is 3.20. The molecule has 0 fully saturated rings. The van der Waals surface area contributed by atoms with Crippen molar-refractivity contribution in [1.29, 1.82) is 0 Å². The molecule has 3 rings (SSSR count). The van der Waals surface area contributed by atoms with Gasteiger partial charge in [0.1, 0.15) is 0 Å². The van der Waals surface area contributed by atoms with Crippen LogP contribution in [0.1, 0.15) is 15.9 Å². The molecule has 1 heterocycles. The number of aromatic carboxylic acids is 1. The van der Waals surface area contributed by atoms with Crippen molar-refractivity contribution in [2.45, 2.75) is 22.9 Å². The van der Waals surface area contributed by atoms with Gasteiger partial charge in [0.15, 0.2) is 0 Å². The zero-order valence-corrected chi connectivity index (χ0v) is 19.8. The largest absolute Gasteiger partial charge is 0.478 e. The summed E-state index contributed by atoms with van der Waals surface area (Å²) in [5, 5.41) is 13.3. The number of halogens is 9. The van der Waals surface area contributed by atoms with Crippen molar-refractivity contribution < 1.29 is 40.6 Å². The van der Waals surface area contributed by atoms with Crippen LogP contribution in [0.4, 0.5) is 30.7 Å². The van der Waals surface area contributed by atoms with Gasteiger partial charge < -0.3 is 5.11 Å². The van der Waals surface area contributed by atoms with Gasteiger partial charge in [-0.25, -0.2) is 13.9 Å². The summed E-state index contributed by atoms with van der Waals surface area (Å²) in [4.78, 5) is 11.2. The summed E-state index contributed by atoms with van der Waals surface area (Å²) >= 11 is 9.57. The normalized spacial score (nSPS) is 12.8. The number of carboxylic acids is 1. The lowest BCUT2D eigenvalue weighted by atomic mass is 9.94. The van der Waals surface area contributed by atoms with Gasteiger partial charge >= 0.3 is 24.0 Å². The Balaban J connectivity index is 2.14. The van der Waals surface area contributed by atoms with Gasteiger partial charge in [0.05, 0.1) is 22.5 Å². The van der Waals surface area contributed by atoms with E-state index < -0.39 is 29.6 Å². The molecule has 0 unspecified atom stereocenters. The Hall–Kier alpha value is -2.25. The molecular weight excluding hydrogens is 581 g/mol. The Morgan fingerprint density at radius 1 is 1.06 bits per heavy atom. The maximum atomic E-state index is 14.6. The Bertz CT molecular complexity index is 1250. The van der Waals surface area contributed by atoms with Crippen LogP contribution in [0.25, 0.3) is 16.8 Å². The molecule has 0 aliphatic heterocycles. The summed E-state index contributed by atoms with van der Waals surface area (Å²) in [5.74, 6) is -1.27. The number of thioether (sulfide) groups is 1. The third-order valence-corrected chi connectivity index (χ3v) is 6.45. The van der Waals surface area contributed by atoms with Crippen LogP contribution >= 0.6 is 39.3 Å². The molecule has 0 radical (unpaired) electrons. The zero-order chi connectivity index (χ0) is 25.6. The number of aromatic nitrogens is 2. The van der Waals surface area contributed by atoms with Crippen LogP contribution in [0.5, 0.6) is 0 Å². The number of hydrogen-bond donors (Lipinski definition) is 1. The van der Waals surface area contributed by atoms with E-state index in [9.17, 15) is 40.6 Å². The van der Waals surface area contributed by atoms with Gasteiger partial charge in [-0.2, -0.15) is 31.4 Å². The number of nitrogens with zero attached hydrogens (tertiary/aromatic N) is 2. The molecule has 0 saturated carbocycles. The first-order chi connectivity index (χ1) is 15.6. The van der Waals surface area contributed by atoms with Crippen LogP contribution < -0.4 is 0 Å². The second-order valence-electron chi connectivity index (χ2n) is 6.84. The molecule has 1 aromatic heterocycles. The van der Waals surface area contributed by atoms with Crippen LogP contribution in [0.2, 0.25) is 5.02 Å². The number of carboxylic acid groups (broad SMARTS) is 1. The van der Waals surface area contributed by atoms with Crippen LogP contribution in [0, 0.1) is 0 Å². The van der Waals surface area contributed by atoms with E-state index in [1.807, 2.05) is 0 Å². The predicted octanol–water partition coefficient (Wildman–Crippen LogP) is 7.66. The fourth-order valence-corrected chi connectivity index (χ4v) is 4.71. The lowest BCUT2D eigenvalue weighted by molar-refractivity contribution is -0.348. The van der Waals surface area contributed by atoms with Crippen molar-refractivity contribution in [1.82, 2.24) is 9.78 Å². The third kappa shape index (κ3) is 4.52. The van der Waals surface area contributed by atoms with E-state index in [1.165, 1.54) is 36.8 Å². The average molecular weight is 592 g/mol. The maximum absolute atomic E-state index is 14.6. The smallest absolute Gasteiger partial charge is 0.435 e. The Kier molecular flexibility index (Phi) is 7.04. The summed E-state index contributed by atoms with van der Waals surface area (Å²) in [6.07, 6.45) is -8.43. The molecular formula is C20H11BrClF7N2O2S. The molecule has 0 aliphatic rings. The topological polar surface area (TPSA) is 55.1 Å². The maximum Gasteiger partial charge on any atom is 0.435 e. The highest BCUT2D eigenvalue weighted by atomic mass is 79.9. The van der Waals surface area contributed by atoms with E-state index in [1.54, 1.807) is 0 Å². The summed E-state index contributed by atoms with van der Waals surface area (Å²) in [6.45, 7) is 0. The second kappa shape index (κ2) is 9.08. The van der Waals surface area contributed by atoms with Crippen molar-refractivity contribution >= 4 is 45.3 Å². The minimum absolute atomic E-state index is 0.00400.